The Hall–Kier alpha value is -2.38. The molecule has 0 bridgehead atoms. The number of hydrogen-bond acceptors (Lipinski definition) is 4. The maximum atomic E-state index is 12.5. The van der Waals surface area contributed by atoms with Crippen molar-refractivity contribution in [1.82, 2.24) is 4.31 Å². The zero-order chi connectivity index (χ0) is 19.2. The Morgan fingerprint density at radius 1 is 1.04 bits per heavy atom. The van der Waals surface area contributed by atoms with Crippen molar-refractivity contribution >= 4 is 21.6 Å². The Bertz CT molecular complexity index is 816. The highest BCUT2D eigenvalue weighted by Crippen LogP contribution is 2.19. The van der Waals surface area contributed by atoms with Crippen LogP contribution in [0.4, 0.5) is 5.69 Å². The normalized spacial score (nSPS) is 12.6. The van der Waals surface area contributed by atoms with E-state index in [-0.39, 0.29) is 10.8 Å². The van der Waals surface area contributed by atoms with E-state index in [9.17, 15) is 13.2 Å². The third-order valence-corrected chi connectivity index (χ3v) is 5.95. The van der Waals surface area contributed by atoms with Gasteiger partial charge in [0.2, 0.25) is 10.0 Å². The molecule has 0 saturated carbocycles. The number of hydrogen-bond donors (Lipinski definition) is 1. The van der Waals surface area contributed by atoms with Crippen molar-refractivity contribution < 1.29 is 17.9 Å². The summed E-state index contributed by atoms with van der Waals surface area (Å²) in [5.74, 6) is 0.295. The lowest BCUT2D eigenvalue weighted by atomic mass is 10.3. The van der Waals surface area contributed by atoms with Crippen LogP contribution in [0.5, 0.6) is 5.75 Å². The highest BCUT2D eigenvalue weighted by atomic mass is 32.2. The summed E-state index contributed by atoms with van der Waals surface area (Å²) < 4.78 is 31.9. The van der Waals surface area contributed by atoms with E-state index in [1.165, 1.54) is 16.4 Å². The molecule has 2 rings (SSSR count). The molecule has 2 aromatic carbocycles. The minimum atomic E-state index is -3.51. The van der Waals surface area contributed by atoms with Crippen LogP contribution in [0.3, 0.4) is 0 Å². The maximum Gasteiger partial charge on any atom is 0.265 e. The molecule has 140 valence electrons. The first kappa shape index (κ1) is 19.9. The second-order valence-electron chi connectivity index (χ2n) is 5.68. The summed E-state index contributed by atoms with van der Waals surface area (Å²) in [5.41, 5.74) is 0.511. The molecule has 7 heteroatoms. The lowest BCUT2D eigenvalue weighted by Gasteiger charge is -2.19. The third kappa shape index (κ3) is 4.83. The Labute approximate surface area is 154 Å². The van der Waals surface area contributed by atoms with Crippen molar-refractivity contribution in [3.8, 4) is 5.75 Å². The molecule has 1 unspecified atom stereocenters. The molecule has 0 fully saturated rings. The number of nitrogens with one attached hydrogen (secondary N) is 1. The van der Waals surface area contributed by atoms with E-state index in [1.807, 2.05) is 18.2 Å². The third-order valence-electron chi connectivity index (χ3n) is 3.89. The molecule has 0 aliphatic rings. The number of nitrogens with zero attached hydrogens (tertiary/aromatic N) is 1. The number of amides is 1. The van der Waals surface area contributed by atoms with Gasteiger partial charge >= 0.3 is 0 Å². The molecule has 2 aromatic rings. The van der Waals surface area contributed by atoms with Gasteiger partial charge in [0.25, 0.3) is 5.91 Å². The van der Waals surface area contributed by atoms with Crippen LogP contribution < -0.4 is 10.1 Å². The lowest BCUT2D eigenvalue weighted by Crippen LogP contribution is -2.31. The highest BCUT2D eigenvalue weighted by Gasteiger charge is 2.21. The zero-order valence-electron chi connectivity index (χ0n) is 15.2. The van der Waals surface area contributed by atoms with Gasteiger partial charge in [0.15, 0.2) is 6.10 Å². The molecule has 0 saturated heterocycles. The summed E-state index contributed by atoms with van der Waals surface area (Å²) in [5, 5.41) is 2.73. The van der Waals surface area contributed by atoms with Crippen LogP contribution in [-0.2, 0) is 14.8 Å². The van der Waals surface area contributed by atoms with E-state index in [0.29, 0.717) is 24.5 Å². The fraction of sp³-hybridized carbons (Fsp3) is 0.316. The second-order valence-corrected chi connectivity index (χ2v) is 7.61. The SMILES string of the molecule is CCN(CC)S(=O)(=O)c1ccc(NC(=O)C(C)Oc2ccccc2)cc1. The van der Waals surface area contributed by atoms with Crippen LogP contribution in [0, 0.1) is 0 Å². The van der Waals surface area contributed by atoms with Gasteiger partial charge in [0.1, 0.15) is 5.75 Å². The first-order valence-corrected chi connectivity index (χ1v) is 9.95. The van der Waals surface area contributed by atoms with Gasteiger partial charge in [-0.3, -0.25) is 4.79 Å². The molecule has 1 N–H and O–H groups in total. The Morgan fingerprint density at radius 3 is 2.15 bits per heavy atom. The zero-order valence-corrected chi connectivity index (χ0v) is 16.0. The maximum absolute atomic E-state index is 12.5. The van der Waals surface area contributed by atoms with E-state index in [4.69, 9.17) is 4.74 Å². The summed E-state index contributed by atoms with van der Waals surface area (Å²) >= 11 is 0. The summed E-state index contributed by atoms with van der Waals surface area (Å²) in [6.45, 7) is 6.06. The van der Waals surface area contributed by atoms with Gasteiger partial charge in [-0.25, -0.2) is 8.42 Å². The predicted octanol–water partition coefficient (Wildman–Crippen LogP) is 3.12. The van der Waals surface area contributed by atoms with Crippen molar-refractivity contribution in [2.24, 2.45) is 0 Å². The minimum absolute atomic E-state index is 0.202. The number of para-hydroxylation sites is 1. The van der Waals surface area contributed by atoms with E-state index < -0.39 is 16.1 Å². The molecule has 0 radical (unpaired) electrons. The number of anilines is 1. The van der Waals surface area contributed by atoms with Gasteiger partial charge in [0.05, 0.1) is 4.90 Å². The van der Waals surface area contributed by atoms with E-state index in [2.05, 4.69) is 5.32 Å². The molecule has 0 heterocycles. The topological polar surface area (TPSA) is 75.7 Å². The Balaban J connectivity index is 2.03. The number of carbonyl (C=O) groups excluding carboxylic acids is 1. The summed E-state index contributed by atoms with van der Waals surface area (Å²) in [6.07, 6.45) is -0.684. The van der Waals surface area contributed by atoms with E-state index in [0.717, 1.165) is 0 Å². The quantitative estimate of drug-likeness (QED) is 0.768. The monoisotopic (exact) mass is 376 g/mol. The molecule has 1 atom stereocenters. The molecule has 0 aromatic heterocycles. The fourth-order valence-electron chi connectivity index (χ4n) is 2.42. The van der Waals surface area contributed by atoms with E-state index in [1.54, 1.807) is 45.0 Å². The summed E-state index contributed by atoms with van der Waals surface area (Å²) in [4.78, 5) is 12.4. The number of sulfonamides is 1. The summed E-state index contributed by atoms with van der Waals surface area (Å²) in [6, 6.07) is 15.2. The van der Waals surface area contributed by atoms with Crippen LogP contribution in [-0.4, -0.2) is 37.8 Å². The Morgan fingerprint density at radius 2 is 1.62 bits per heavy atom. The first-order chi connectivity index (χ1) is 12.4. The predicted molar refractivity (Wildman–Crippen MR) is 102 cm³/mol. The van der Waals surface area contributed by atoms with Crippen LogP contribution in [0.25, 0.3) is 0 Å². The standard InChI is InChI=1S/C19H24N2O4S/c1-4-21(5-2)26(23,24)18-13-11-16(12-14-18)20-19(22)15(3)25-17-9-7-6-8-10-17/h6-15H,4-5H2,1-3H3,(H,20,22). The molecule has 0 spiro atoms. The van der Waals surface area contributed by atoms with Gasteiger partial charge < -0.3 is 10.1 Å². The minimum Gasteiger partial charge on any atom is -0.481 e. The van der Waals surface area contributed by atoms with Gasteiger partial charge in [-0.15, -0.1) is 0 Å². The van der Waals surface area contributed by atoms with Gasteiger partial charge in [-0.1, -0.05) is 32.0 Å². The van der Waals surface area contributed by atoms with Crippen molar-refractivity contribution in [1.29, 1.82) is 0 Å². The average Bonchev–Trinajstić information content (AvgIpc) is 2.63. The van der Waals surface area contributed by atoms with Gasteiger partial charge in [0, 0.05) is 18.8 Å². The van der Waals surface area contributed by atoms with Gasteiger partial charge in [-0.2, -0.15) is 4.31 Å². The van der Waals surface area contributed by atoms with Crippen molar-refractivity contribution in [3.63, 3.8) is 0 Å². The smallest absolute Gasteiger partial charge is 0.265 e. The fourth-order valence-corrected chi connectivity index (χ4v) is 3.88. The van der Waals surface area contributed by atoms with Crippen LogP contribution >= 0.6 is 0 Å². The lowest BCUT2D eigenvalue weighted by molar-refractivity contribution is -0.122. The molecule has 6 nitrogen and oxygen atoms in total. The molecule has 0 aliphatic carbocycles. The van der Waals surface area contributed by atoms with E-state index >= 15 is 0 Å². The van der Waals surface area contributed by atoms with Crippen LogP contribution in [0.1, 0.15) is 20.8 Å². The van der Waals surface area contributed by atoms with Crippen molar-refractivity contribution in [2.75, 3.05) is 18.4 Å². The summed E-state index contributed by atoms with van der Waals surface area (Å²) in [7, 11) is -3.51. The van der Waals surface area contributed by atoms with Crippen molar-refractivity contribution in [2.45, 2.75) is 31.8 Å². The molecule has 1 amide bonds. The van der Waals surface area contributed by atoms with Gasteiger partial charge in [-0.05, 0) is 43.3 Å². The number of benzene rings is 2. The largest absolute Gasteiger partial charge is 0.481 e. The average molecular weight is 376 g/mol. The highest BCUT2D eigenvalue weighted by molar-refractivity contribution is 7.89. The molecular weight excluding hydrogens is 352 g/mol. The van der Waals surface area contributed by atoms with Crippen LogP contribution in [0.2, 0.25) is 0 Å². The van der Waals surface area contributed by atoms with Crippen LogP contribution in [0.15, 0.2) is 59.5 Å². The molecule has 0 aliphatic heterocycles. The van der Waals surface area contributed by atoms with Crippen molar-refractivity contribution in [3.05, 3.63) is 54.6 Å². The molecular formula is C19H24N2O4S. The molecule has 26 heavy (non-hydrogen) atoms. The number of carbonyl (C=O) groups is 1. The number of ether oxygens (including phenoxy) is 1. The first-order valence-electron chi connectivity index (χ1n) is 8.51. The second kappa shape index (κ2) is 8.82. The Kier molecular flexibility index (Phi) is 6.76. The number of rotatable bonds is 8.